The number of likely N-dealkylation sites (tertiary alicyclic amines) is 1. The fraction of sp³-hybridized carbons (Fsp3) is 0.733. The molecular weight excluding hydrogens is 377 g/mol. The fourth-order valence-corrected chi connectivity index (χ4v) is 3.02. The first-order valence-electron chi connectivity index (χ1n) is 7.56. The molecule has 6 heteroatoms. The van der Waals surface area contributed by atoms with Crippen LogP contribution in [-0.2, 0) is 13.6 Å². The van der Waals surface area contributed by atoms with Gasteiger partial charge in [-0.1, -0.05) is 13.8 Å². The predicted octanol–water partition coefficient (Wildman–Crippen LogP) is 2.63. The van der Waals surface area contributed by atoms with Crippen LogP contribution < -0.4 is 5.32 Å². The lowest BCUT2D eigenvalue weighted by Crippen LogP contribution is -2.41. The third-order valence-electron chi connectivity index (χ3n) is 4.80. The maximum Gasteiger partial charge on any atom is 0.193 e. The normalized spacial score (nSPS) is 17.7. The molecule has 0 unspecified atom stereocenters. The van der Waals surface area contributed by atoms with Gasteiger partial charge in [0.15, 0.2) is 5.96 Å². The van der Waals surface area contributed by atoms with Crippen LogP contribution >= 0.6 is 24.0 Å². The van der Waals surface area contributed by atoms with Gasteiger partial charge in [-0.3, -0.25) is 9.67 Å². The zero-order chi connectivity index (χ0) is 14.6. The molecule has 120 valence electrons. The average Bonchev–Trinajstić information content (AvgIpc) is 3.07. The molecule has 0 aromatic carbocycles. The predicted molar refractivity (Wildman–Crippen MR) is 98.0 cm³/mol. The zero-order valence-electron chi connectivity index (χ0n) is 13.6. The van der Waals surface area contributed by atoms with Crippen LogP contribution in [-0.4, -0.2) is 40.8 Å². The van der Waals surface area contributed by atoms with Crippen LogP contribution in [0.25, 0.3) is 0 Å². The fourth-order valence-electron chi connectivity index (χ4n) is 3.02. The lowest BCUT2D eigenvalue weighted by Gasteiger charge is -2.28. The van der Waals surface area contributed by atoms with Gasteiger partial charge in [0.2, 0.25) is 0 Å². The van der Waals surface area contributed by atoms with Gasteiger partial charge in [0, 0.05) is 33.4 Å². The van der Waals surface area contributed by atoms with E-state index in [1.807, 2.05) is 31.0 Å². The molecule has 0 bridgehead atoms. The van der Waals surface area contributed by atoms with E-state index < -0.39 is 0 Å². The minimum Gasteiger partial charge on any atom is -0.351 e. The number of guanidine groups is 1. The molecule has 0 spiro atoms. The Hall–Kier alpha value is -0.790. The molecule has 21 heavy (non-hydrogen) atoms. The summed E-state index contributed by atoms with van der Waals surface area (Å²) in [5, 5.41) is 7.65. The van der Waals surface area contributed by atoms with Crippen molar-refractivity contribution in [1.29, 1.82) is 0 Å². The van der Waals surface area contributed by atoms with Gasteiger partial charge in [-0.25, -0.2) is 0 Å². The molecular formula is C15H28IN5. The van der Waals surface area contributed by atoms with Crippen LogP contribution in [0.3, 0.4) is 0 Å². The molecule has 1 aromatic rings. The van der Waals surface area contributed by atoms with Crippen molar-refractivity contribution in [2.45, 2.75) is 39.7 Å². The van der Waals surface area contributed by atoms with Crippen LogP contribution in [0.4, 0.5) is 0 Å². The summed E-state index contributed by atoms with van der Waals surface area (Å²) in [6.07, 6.45) is 5.60. The Morgan fingerprint density at radius 3 is 2.62 bits per heavy atom. The minimum absolute atomic E-state index is 0. The van der Waals surface area contributed by atoms with Gasteiger partial charge < -0.3 is 10.2 Å². The number of hydrogen-bond acceptors (Lipinski definition) is 2. The van der Waals surface area contributed by atoms with E-state index in [0.29, 0.717) is 5.41 Å². The van der Waals surface area contributed by atoms with Crippen molar-refractivity contribution < 1.29 is 0 Å². The number of nitrogens with zero attached hydrogens (tertiary/aromatic N) is 4. The van der Waals surface area contributed by atoms with Gasteiger partial charge >= 0.3 is 0 Å². The Bertz CT molecular complexity index is 464. The molecule has 1 N–H and O–H groups in total. The summed E-state index contributed by atoms with van der Waals surface area (Å²) < 4.78 is 1.90. The van der Waals surface area contributed by atoms with Crippen LogP contribution in [0.5, 0.6) is 0 Å². The van der Waals surface area contributed by atoms with E-state index in [0.717, 1.165) is 25.6 Å². The van der Waals surface area contributed by atoms with Gasteiger partial charge in [-0.05, 0) is 30.7 Å². The second-order valence-corrected chi connectivity index (χ2v) is 5.73. The molecule has 5 nitrogen and oxygen atoms in total. The lowest BCUT2D eigenvalue weighted by molar-refractivity contribution is 0.276. The van der Waals surface area contributed by atoms with E-state index in [4.69, 9.17) is 0 Å². The third-order valence-corrected chi connectivity index (χ3v) is 4.80. The average molecular weight is 405 g/mol. The molecule has 2 heterocycles. The van der Waals surface area contributed by atoms with Gasteiger partial charge in [0.05, 0.1) is 12.2 Å². The van der Waals surface area contributed by atoms with E-state index in [1.54, 1.807) is 0 Å². The molecule has 0 saturated carbocycles. The van der Waals surface area contributed by atoms with E-state index in [9.17, 15) is 0 Å². The molecule has 1 aliphatic heterocycles. The number of nitrogens with one attached hydrogen (secondary N) is 1. The van der Waals surface area contributed by atoms with Gasteiger partial charge in [-0.15, -0.1) is 24.0 Å². The van der Waals surface area contributed by atoms with Crippen LogP contribution in [0, 0.1) is 5.41 Å². The highest BCUT2D eigenvalue weighted by Crippen LogP contribution is 2.36. The smallest absolute Gasteiger partial charge is 0.193 e. The van der Waals surface area contributed by atoms with Crippen molar-refractivity contribution in [2.75, 3.05) is 20.1 Å². The summed E-state index contributed by atoms with van der Waals surface area (Å²) in [6, 6.07) is 2.03. The van der Waals surface area contributed by atoms with E-state index >= 15 is 0 Å². The topological polar surface area (TPSA) is 45.4 Å². The minimum atomic E-state index is 0. The Labute approximate surface area is 145 Å². The van der Waals surface area contributed by atoms with Crippen LogP contribution in [0.2, 0.25) is 0 Å². The van der Waals surface area contributed by atoms with Crippen molar-refractivity contribution in [3.8, 4) is 0 Å². The third kappa shape index (κ3) is 4.11. The Morgan fingerprint density at radius 1 is 1.43 bits per heavy atom. The van der Waals surface area contributed by atoms with Crippen molar-refractivity contribution in [2.24, 2.45) is 17.5 Å². The van der Waals surface area contributed by atoms with Crippen molar-refractivity contribution >= 4 is 29.9 Å². The molecule has 0 radical (unpaired) electrons. The summed E-state index contributed by atoms with van der Waals surface area (Å²) >= 11 is 0. The molecule has 1 aliphatic rings. The SMILES string of the molecule is CCC1(CC)CCN(C(=NC)NCc2ccnn2C)C1.I. The Kier molecular flexibility index (Phi) is 6.96. The van der Waals surface area contributed by atoms with Crippen LogP contribution in [0.1, 0.15) is 38.8 Å². The summed E-state index contributed by atoms with van der Waals surface area (Å²) in [5.74, 6) is 1.01. The number of hydrogen-bond donors (Lipinski definition) is 1. The maximum absolute atomic E-state index is 4.44. The largest absolute Gasteiger partial charge is 0.351 e. The Morgan fingerprint density at radius 2 is 2.14 bits per heavy atom. The number of aromatic nitrogens is 2. The van der Waals surface area contributed by atoms with Gasteiger partial charge in [0.25, 0.3) is 0 Å². The summed E-state index contributed by atoms with van der Waals surface area (Å²) in [5.41, 5.74) is 1.65. The van der Waals surface area contributed by atoms with Crippen molar-refractivity contribution in [3.05, 3.63) is 18.0 Å². The molecule has 0 atom stereocenters. The number of aryl methyl sites for hydroxylation is 1. The highest BCUT2D eigenvalue weighted by atomic mass is 127. The van der Waals surface area contributed by atoms with E-state index in [2.05, 4.69) is 34.2 Å². The standard InChI is InChI=1S/C15H27N5.HI/c1-5-15(6-2)8-10-20(12-15)14(16-3)17-11-13-7-9-18-19(13)4;/h7,9H,5-6,8,10-12H2,1-4H3,(H,16,17);1H. The highest BCUT2D eigenvalue weighted by molar-refractivity contribution is 14.0. The monoisotopic (exact) mass is 405 g/mol. The summed E-state index contributed by atoms with van der Waals surface area (Å²) in [4.78, 5) is 6.83. The van der Waals surface area contributed by atoms with Gasteiger partial charge in [0.1, 0.15) is 0 Å². The first-order valence-corrected chi connectivity index (χ1v) is 7.56. The number of aliphatic imine (C=N–C) groups is 1. The molecule has 1 aromatic heterocycles. The Balaban J connectivity index is 0.00000220. The first-order chi connectivity index (χ1) is 9.64. The van der Waals surface area contributed by atoms with Crippen LogP contribution in [0.15, 0.2) is 17.3 Å². The van der Waals surface area contributed by atoms with E-state index in [-0.39, 0.29) is 24.0 Å². The molecule has 0 amide bonds. The van der Waals surface area contributed by atoms with Gasteiger partial charge in [-0.2, -0.15) is 5.10 Å². The quantitative estimate of drug-likeness (QED) is 0.476. The van der Waals surface area contributed by atoms with E-state index in [1.165, 1.54) is 25.0 Å². The first kappa shape index (κ1) is 18.3. The number of halogens is 1. The summed E-state index contributed by atoms with van der Waals surface area (Å²) in [7, 11) is 3.83. The number of rotatable bonds is 4. The van der Waals surface area contributed by atoms with Crippen molar-refractivity contribution in [1.82, 2.24) is 20.0 Å². The molecule has 0 aliphatic carbocycles. The highest BCUT2D eigenvalue weighted by Gasteiger charge is 2.36. The zero-order valence-corrected chi connectivity index (χ0v) is 15.9. The molecule has 2 rings (SSSR count). The summed E-state index contributed by atoms with van der Waals surface area (Å²) in [6.45, 7) is 7.60. The maximum atomic E-state index is 4.44. The second kappa shape index (κ2) is 8.00. The second-order valence-electron chi connectivity index (χ2n) is 5.73. The lowest BCUT2D eigenvalue weighted by atomic mass is 9.82. The van der Waals surface area contributed by atoms with Crippen molar-refractivity contribution in [3.63, 3.8) is 0 Å². The molecule has 1 saturated heterocycles. The molecule has 1 fully saturated rings.